The second-order valence-corrected chi connectivity index (χ2v) is 25.4. The molecular weight excluding hydrogens is 1230 g/mol. The average molecular weight is 1320 g/mol. The van der Waals surface area contributed by atoms with E-state index in [1.165, 1.54) is 24.8 Å². The van der Waals surface area contributed by atoms with E-state index in [-0.39, 0.29) is 125 Å². The first-order valence-corrected chi connectivity index (χ1v) is 31.8. The number of amidine groups is 1. The number of halogens is 2. The zero-order valence-electron chi connectivity index (χ0n) is 54.1. The van der Waals surface area contributed by atoms with Gasteiger partial charge in [0.25, 0.3) is 17.5 Å². The number of hydroxylamine groups is 1. The largest absolute Gasteiger partial charge is 1.00 e. The Morgan fingerprint density at radius 3 is 1.45 bits per heavy atom. The number of aryl methyl sites for hydroxylation is 2. The maximum Gasteiger partial charge on any atom is 1.00 e. The van der Waals surface area contributed by atoms with Gasteiger partial charge in [0.2, 0.25) is 11.6 Å². The number of rotatable bonds is 20. The Kier molecular flexibility index (Phi) is 23.2. The van der Waals surface area contributed by atoms with Crippen molar-refractivity contribution in [3.63, 3.8) is 0 Å². The number of hydrogen-bond donors (Lipinski definition) is 5. The molecular formula is C69H84F2KN12O10+. The van der Waals surface area contributed by atoms with Gasteiger partial charge in [0.05, 0.1) is 47.0 Å². The third-order valence-corrected chi connectivity index (χ3v) is 18.2. The van der Waals surface area contributed by atoms with Gasteiger partial charge in [-0.2, -0.15) is 20.2 Å². The smallest absolute Gasteiger partial charge is 0.388 e. The first-order chi connectivity index (χ1) is 44.1. The van der Waals surface area contributed by atoms with Gasteiger partial charge < -0.3 is 24.8 Å². The number of H-pyrrole nitrogens is 1. The predicted octanol–water partition coefficient (Wildman–Crippen LogP) is 7.34. The molecule has 0 bridgehead atoms. The van der Waals surface area contributed by atoms with Crippen LogP contribution in [-0.4, -0.2) is 112 Å². The molecule has 5 N–H and O–H groups in total. The standard InChI is InChI=1S/C34H41FN6O5.C34H39FN6O5.CH4.K/c2*1-5-8-29-27(17-22-12-11-21(18-28(22)35)25-9-6-7-10-26(25)30-38-33(43)46-39-30)31(42)40(32-36-19-37-41(29)32)23-13-15-24(16-14-23)45-20(2)34(3,4)44;;/h6-7,9-12,18-20,23-24,33,43-44H,5,8,13-17H2,1-4H3,(H,38,39);6-7,9-12,18-20,23-24,44H,5,8,13-17H2,1-4H3,(H,38,39,43);1H4;/q;;;+1. The number of nitrogens with one attached hydrogen (secondary N) is 2. The summed E-state index contributed by atoms with van der Waals surface area (Å²) in [6.07, 6.45) is 9.70. The van der Waals surface area contributed by atoms with Gasteiger partial charge in [-0.15, -0.1) is 0 Å². The molecule has 5 aromatic heterocycles. The molecule has 2 saturated carbocycles. The van der Waals surface area contributed by atoms with Crippen molar-refractivity contribution in [1.82, 2.24) is 54.0 Å². The minimum absolute atomic E-state index is 0. The van der Waals surface area contributed by atoms with Crippen molar-refractivity contribution in [2.24, 2.45) is 4.99 Å². The number of aromatic amines is 1. The summed E-state index contributed by atoms with van der Waals surface area (Å²) in [5.41, 5.74) is 7.51. The summed E-state index contributed by atoms with van der Waals surface area (Å²) in [7, 11) is 0. The molecule has 494 valence electrons. The molecule has 22 nitrogen and oxygen atoms in total. The van der Waals surface area contributed by atoms with Crippen LogP contribution in [0.1, 0.15) is 178 Å². The van der Waals surface area contributed by atoms with E-state index in [2.05, 4.69) is 45.3 Å². The third kappa shape index (κ3) is 15.6. The summed E-state index contributed by atoms with van der Waals surface area (Å²) < 4.78 is 55.7. The van der Waals surface area contributed by atoms with Gasteiger partial charge in [-0.1, -0.05) is 112 Å². The molecule has 2 aliphatic carbocycles. The number of aliphatic imine (C=N–C) groups is 1. The Labute approximate surface area is 586 Å². The molecule has 1 aliphatic heterocycles. The van der Waals surface area contributed by atoms with Gasteiger partial charge in [0.15, 0.2) is 11.7 Å². The van der Waals surface area contributed by atoms with Crippen LogP contribution in [0.5, 0.6) is 0 Å². The first-order valence-electron chi connectivity index (χ1n) is 31.8. The molecule has 6 heterocycles. The van der Waals surface area contributed by atoms with Gasteiger partial charge >= 0.3 is 57.1 Å². The molecule has 4 aromatic carbocycles. The third-order valence-electron chi connectivity index (χ3n) is 18.2. The molecule has 2 fully saturated rings. The Morgan fingerprint density at radius 2 is 1.06 bits per heavy atom. The van der Waals surface area contributed by atoms with Gasteiger partial charge in [-0.05, 0) is 151 Å². The average Bonchev–Trinajstić information content (AvgIpc) is 1.40. The number of aliphatic hydroxyl groups is 3. The summed E-state index contributed by atoms with van der Waals surface area (Å²) in [6, 6.07) is 24.3. The summed E-state index contributed by atoms with van der Waals surface area (Å²) >= 11 is 0. The number of hydrogen-bond acceptors (Lipinski definition) is 17. The van der Waals surface area contributed by atoms with E-state index >= 15 is 8.78 Å². The van der Waals surface area contributed by atoms with Crippen LogP contribution in [0, 0.1) is 11.6 Å². The van der Waals surface area contributed by atoms with Gasteiger partial charge in [-0.3, -0.25) is 28.2 Å². The fraction of sp³-hybridized carbons (Fsp3) is 0.464. The first kappa shape index (κ1) is 71.5. The molecule has 94 heavy (non-hydrogen) atoms. The fourth-order valence-electron chi connectivity index (χ4n) is 12.7. The number of nitrogens with zero attached hydrogens (tertiary/aromatic N) is 10. The van der Waals surface area contributed by atoms with E-state index < -0.39 is 35.0 Å². The van der Waals surface area contributed by atoms with Crippen LogP contribution >= 0.6 is 0 Å². The van der Waals surface area contributed by atoms with Crippen LogP contribution in [0.2, 0.25) is 0 Å². The van der Waals surface area contributed by atoms with Gasteiger partial charge in [0.1, 0.15) is 24.3 Å². The second kappa shape index (κ2) is 30.5. The van der Waals surface area contributed by atoms with Crippen molar-refractivity contribution in [2.45, 2.75) is 207 Å². The van der Waals surface area contributed by atoms with Crippen LogP contribution < -0.4 is 73.7 Å². The molecule has 3 unspecified atom stereocenters. The van der Waals surface area contributed by atoms with Crippen LogP contribution in [0.25, 0.3) is 45.2 Å². The minimum Gasteiger partial charge on any atom is -0.388 e. The predicted molar refractivity (Wildman–Crippen MR) is 348 cm³/mol. The Balaban J connectivity index is 0.000000217. The fourth-order valence-corrected chi connectivity index (χ4v) is 12.7. The normalized spacial score (nSPS) is 19.0. The van der Waals surface area contributed by atoms with E-state index in [9.17, 15) is 29.7 Å². The van der Waals surface area contributed by atoms with Crippen molar-refractivity contribution in [1.29, 1.82) is 0 Å². The van der Waals surface area contributed by atoms with Crippen LogP contribution in [-0.2, 0) is 40.0 Å². The molecule has 0 amide bonds. The van der Waals surface area contributed by atoms with Crippen molar-refractivity contribution in [3.05, 3.63) is 180 Å². The number of fused-ring (bicyclic) bond motifs is 2. The summed E-state index contributed by atoms with van der Waals surface area (Å²) in [4.78, 5) is 60.7. The van der Waals surface area contributed by atoms with E-state index in [0.29, 0.717) is 112 Å². The molecule has 0 radical (unpaired) electrons. The molecule has 25 heteroatoms. The Hall–Kier alpha value is -6.75. The van der Waals surface area contributed by atoms with Crippen molar-refractivity contribution >= 4 is 17.4 Å². The van der Waals surface area contributed by atoms with Crippen molar-refractivity contribution in [2.75, 3.05) is 0 Å². The second-order valence-electron chi connectivity index (χ2n) is 25.4. The van der Waals surface area contributed by atoms with Crippen LogP contribution in [0.15, 0.2) is 121 Å². The topological polar surface area (TPSA) is 276 Å². The minimum atomic E-state index is -1.31. The number of aromatic nitrogens is 10. The molecule has 3 atom stereocenters. The Morgan fingerprint density at radius 1 is 0.638 bits per heavy atom. The molecule has 12 rings (SSSR count). The Bertz CT molecular complexity index is 4320. The van der Waals surface area contributed by atoms with Gasteiger partial charge in [0, 0.05) is 47.2 Å². The molecule has 0 spiro atoms. The van der Waals surface area contributed by atoms with E-state index in [1.54, 1.807) is 76.2 Å². The SMILES string of the molecule is C.CCCc1c(Cc2ccc(-c3ccccc3-c3noc(=O)[nH]3)cc2F)c(=O)n(C2CCC(OC(C)C(C)(C)O)CC2)c2ncnn12.CCCc1c(Cc2ccc(-c3ccccc3C3=NC(O)ON3)cc2F)c(=O)n(C2CCC(OC(C)C(C)(C)O)CC2)c2ncnn12.[K+]. The maximum absolute atomic E-state index is 15.9. The number of benzene rings is 4. The van der Waals surface area contributed by atoms with Crippen molar-refractivity contribution < 1.29 is 94.3 Å². The zero-order valence-corrected chi connectivity index (χ0v) is 57.2. The number of ether oxygens (including phenoxy) is 2. The van der Waals surface area contributed by atoms with E-state index in [4.69, 9.17) is 14.3 Å². The van der Waals surface area contributed by atoms with Crippen molar-refractivity contribution in [3.8, 4) is 33.6 Å². The number of aliphatic hydroxyl groups excluding tert-OH is 1. The van der Waals surface area contributed by atoms with E-state index in [1.807, 2.05) is 70.2 Å². The summed E-state index contributed by atoms with van der Waals surface area (Å²) in [6.45, 7) is 14.8. The molecule has 3 aliphatic rings. The van der Waals surface area contributed by atoms with Crippen LogP contribution in [0.3, 0.4) is 0 Å². The summed E-state index contributed by atoms with van der Waals surface area (Å²) in [5, 5.41) is 43.1. The molecule has 0 saturated heterocycles. The monoisotopic (exact) mass is 1320 g/mol. The van der Waals surface area contributed by atoms with E-state index in [0.717, 1.165) is 49.9 Å². The quantitative estimate of drug-likeness (QED) is 0.0467. The molecule has 9 aromatic rings. The maximum atomic E-state index is 15.9. The van der Waals surface area contributed by atoms with Gasteiger partial charge in [-0.25, -0.2) is 37.9 Å². The zero-order chi connectivity index (χ0) is 65.2. The van der Waals surface area contributed by atoms with Crippen LogP contribution in [0.4, 0.5) is 8.78 Å². The summed E-state index contributed by atoms with van der Waals surface area (Å²) in [5.74, 6) is 0.0309.